The summed E-state index contributed by atoms with van der Waals surface area (Å²) in [5.41, 5.74) is 1.28. The van der Waals surface area contributed by atoms with E-state index in [-0.39, 0.29) is 11.8 Å². The Morgan fingerprint density at radius 3 is 2.80 bits per heavy atom. The van der Waals surface area contributed by atoms with Gasteiger partial charge in [-0.2, -0.15) is 0 Å². The van der Waals surface area contributed by atoms with Gasteiger partial charge >= 0.3 is 5.97 Å². The van der Waals surface area contributed by atoms with Crippen molar-refractivity contribution >= 4 is 17.6 Å². The Morgan fingerprint density at radius 1 is 1.60 bits per heavy atom. The lowest BCUT2D eigenvalue weighted by atomic mass is 9.84. The summed E-state index contributed by atoms with van der Waals surface area (Å²) in [6.07, 6.45) is 3.11. The van der Waals surface area contributed by atoms with Gasteiger partial charge in [-0.15, -0.1) is 11.6 Å². The van der Waals surface area contributed by atoms with E-state index in [4.69, 9.17) is 16.3 Å². The predicted molar refractivity (Wildman–Crippen MR) is 61.7 cm³/mol. The number of rotatable bonds is 3. The van der Waals surface area contributed by atoms with E-state index in [0.717, 1.165) is 18.6 Å². The lowest BCUT2D eigenvalue weighted by Gasteiger charge is -2.26. The van der Waals surface area contributed by atoms with Crippen molar-refractivity contribution in [1.82, 2.24) is 0 Å². The first kappa shape index (κ1) is 12.6. The first-order chi connectivity index (χ1) is 7.04. The Hall–Kier alpha value is -0.500. The largest absolute Gasteiger partial charge is 0.430 e. The summed E-state index contributed by atoms with van der Waals surface area (Å²) in [5.74, 6) is 1.53. The summed E-state index contributed by atoms with van der Waals surface area (Å²) in [4.78, 5) is 11.2. The Bertz CT molecular complexity index is 269. The van der Waals surface area contributed by atoms with Crippen molar-refractivity contribution < 1.29 is 9.53 Å². The quantitative estimate of drug-likeness (QED) is 0.548. The zero-order chi connectivity index (χ0) is 11.4. The van der Waals surface area contributed by atoms with E-state index >= 15 is 0 Å². The second kappa shape index (κ2) is 5.55. The van der Waals surface area contributed by atoms with Crippen molar-refractivity contribution in [3.63, 3.8) is 0 Å². The van der Waals surface area contributed by atoms with Crippen LogP contribution in [-0.2, 0) is 9.53 Å². The van der Waals surface area contributed by atoms with Crippen LogP contribution in [0.15, 0.2) is 11.3 Å². The van der Waals surface area contributed by atoms with Crippen molar-refractivity contribution in [2.45, 2.75) is 40.0 Å². The molecule has 1 rings (SSSR count). The Morgan fingerprint density at radius 2 is 2.27 bits per heavy atom. The summed E-state index contributed by atoms with van der Waals surface area (Å²) in [5, 5.41) is 0. The molecule has 0 aromatic carbocycles. The fourth-order valence-electron chi connectivity index (χ4n) is 1.97. The van der Waals surface area contributed by atoms with Crippen LogP contribution in [0.25, 0.3) is 0 Å². The SMILES string of the molecule is CC1CCC(C(C)C)=C(OC(=O)CCl)C1. The molecule has 0 radical (unpaired) electrons. The minimum Gasteiger partial charge on any atom is -0.430 e. The van der Waals surface area contributed by atoms with Gasteiger partial charge in [0.2, 0.25) is 0 Å². The molecular weight excluding hydrogens is 212 g/mol. The molecule has 0 aromatic heterocycles. The van der Waals surface area contributed by atoms with Crippen LogP contribution in [0.2, 0.25) is 0 Å². The maximum atomic E-state index is 11.2. The van der Waals surface area contributed by atoms with Crippen molar-refractivity contribution in [3.05, 3.63) is 11.3 Å². The summed E-state index contributed by atoms with van der Waals surface area (Å²) in [6, 6.07) is 0. The normalized spacial score (nSPS) is 22.1. The van der Waals surface area contributed by atoms with Gasteiger partial charge in [0.15, 0.2) is 0 Å². The number of alkyl halides is 1. The average Bonchev–Trinajstić information content (AvgIpc) is 2.17. The third-order valence-corrected chi connectivity index (χ3v) is 3.06. The molecule has 86 valence electrons. The smallest absolute Gasteiger partial charge is 0.325 e. The zero-order valence-corrected chi connectivity index (χ0v) is 10.4. The molecule has 0 heterocycles. The maximum absolute atomic E-state index is 11.2. The van der Waals surface area contributed by atoms with E-state index < -0.39 is 0 Å². The lowest BCUT2D eigenvalue weighted by molar-refractivity contribution is -0.137. The van der Waals surface area contributed by atoms with Crippen molar-refractivity contribution in [1.29, 1.82) is 0 Å². The van der Waals surface area contributed by atoms with Crippen LogP contribution in [0.3, 0.4) is 0 Å². The molecule has 0 aromatic rings. The van der Waals surface area contributed by atoms with Crippen LogP contribution in [0.1, 0.15) is 40.0 Å². The second-order valence-electron chi connectivity index (χ2n) is 4.56. The average molecular weight is 231 g/mol. The summed E-state index contributed by atoms with van der Waals surface area (Å²) in [7, 11) is 0. The van der Waals surface area contributed by atoms with Gasteiger partial charge in [0.1, 0.15) is 11.6 Å². The van der Waals surface area contributed by atoms with E-state index in [1.165, 1.54) is 12.0 Å². The number of ether oxygens (including phenoxy) is 1. The van der Waals surface area contributed by atoms with Crippen LogP contribution >= 0.6 is 11.6 Å². The fraction of sp³-hybridized carbons (Fsp3) is 0.750. The third-order valence-electron chi connectivity index (χ3n) is 2.84. The molecule has 15 heavy (non-hydrogen) atoms. The van der Waals surface area contributed by atoms with E-state index in [9.17, 15) is 4.79 Å². The Kier molecular flexibility index (Phi) is 4.65. The van der Waals surface area contributed by atoms with Crippen LogP contribution in [0.4, 0.5) is 0 Å². The van der Waals surface area contributed by atoms with Gasteiger partial charge in [0, 0.05) is 6.42 Å². The number of allylic oxidation sites excluding steroid dienone is 2. The highest BCUT2D eigenvalue weighted by Crippen LogP contribution is 2.33. The minimum absolute atomic E-state index is 0.0662. The van der Waals surface area contributed by atoms with Gasteiger partial charge in [0.25, 0.3) is 0 Å². The molecule has 2 nitrogen and oxygen atoms in total. The van der Waals surface area contributed by atoms with E-state index in [2.05, 4.69) is 20.8 Å². The molecule has 0 fully saturated rings. The highest BCUT2D eigenvalue weighted by molar-refractivity contribution is 6.26. The van der Waals surface area contributed by atoms with Gasteiger partial charge in [-0.25, -0.2) is 0 Å². The monoisotopic (exact) mass is 230 g/mol. The second-order valence-corrected chi connectivity index (χ2v) is 4.83. The molecule has 1 unspecified atom stereocenters. The van der Waals surface area contributed by atoms with Gasteiger partial charge in [-0.05, 0) is 30.3 Å². The molecule has 0 spiro atoms. The van der Waals surface area contributed by atoms with Crippen molar-refractivity contribution in [2.75, 3.05) is 5.88 Å². The number of esters is 1. The van der Waals surface area contributed by atoms with Crippen LogP contribution in [0.5, 0.6) is 0 Å². The summed E-state index contributed by atoms with van der Waals surface area (Å²) < 4.78 is 5.29. The third kappa shape index (κ3) is 3.53. The zero-order valence-electron chi connectivity index (χ0n) is 9.68. The van der Waals surface area contributed by atoms with Crippen LogP contribution < -0.4 is 0 Å². The Labute approximate surface area is 96.6 Å². The number of hydrogen-bond acceptors (Lipinski definition) is 2. The van der Waals surface area contributed by atoms with Gasteiger partial charge in [-0.1, -0.05) is 20.8 Å². The molecule has 1 aliphatic carbocycles. The van der Waals surface area contributed by atoms with Crippen LogP contribution in [-0.4, -0.2) is 11.8 Å². The van der Waals surface area contributed by atoms with Crippen molar-refractivity contribution in [3.8, 4) is 0 Å². The molecule has 0 saturated carbocycles. The molecule has 0 aliphatic heterocycles. The van der Waals surface area contributed by atoms with E-state index in [1.807, 2.05) is 0 Å². The van der Waals surface area contributed by atoms with E-state index in [1.54, 1.807) is 0 Å². The number of carbonyl (C=O) groups is 1. The molecule has 0 amide bonds. The number of carbonyl (C=O) groups excluding carboxylic acids is 1. The number of hydrogen-bond donors (Lipinski definition) is 0. The molecule has 0 N–H and O–H groups in total. The highest BCUT2D eigenvalue weighted by Gasteiger charge is 2.22. The summed E-state index contributed by atoms with van der Waals surface area (Å²) >= 11 is 5.44. The molecule has 3 heteroatoms. The molecule has 0 bridgehead atoms. The van der Waals surface area contributed by atoms with Gasteiger partial charge in [0.05, 0.1) is 0 Å². The van der Waals surface area contributed by atoms with Gasteiger partial charge < -0.3 is 4.74 Å². The standard InChI is InChI=1S/C12H19ClO2/c1-8(2)10-5-4-9(3)6-11(10)15-12(14)7-13/h8-9H,4-7H2,1-3H3. The first-order valence-corrected chi connectivity index (χ1v) is 6.06. The molecule has 1 aliphatic rings. The fourth-order valence-corrected chi connectivity index (χ4v) is 2.03. The molecule has 0 saturated heterocycles. The highest BCUT2D eigenvalue weighted by atomic mass is 35.5. The lowest BCUT2D eigenvalue weighted by Crippen LogP contribution is -2.16. The summed E-state index contributed by atoms with van der Waals surface area (Å²) in [6.45, 7) is 6.46. The van der Waals surface area contributed by atoms with E-state index in [0.29, 0.717) is 11.8 Å². The molecular formula is C12H19ClO2. The van der Waals surface area contributed by atoms with Crippen LogP contribution in [0, 0.1) is 11.8 Å². The Balaban J connectivity index is 2.79. The number of halogens is 1. The van der Waals surface area contributed by atoms with Gasteiger partial charge in [-0.3, -0.25) is 4.79 Å². The maximum Gasteiger partial charge on any atom is 0.325 e. The van der Waals surface area contributed by atoms with Crippen molar-refractivity contribution in [2.24, 2.45) is 11.8 Å². The minimum atomic E-state index is -0.334. The molecule has 1 atom stereocenters. The predicted octanol–water partition coefficient (Wildman–Crippen LogP) is 3.50. The first-order valence-electron chi connectivity index (χ1n) is 5.53. The topological polar surface area (TPSA) is 26.3 Å².